The maximum absolute atomic E-state index is 12.3. The summed E-state index contributed by atoms with van der Waals surface area (Å²) in [5.74, 6) is 1.54. The Kier molecular flexibility index (Phi) is 4.28. The van der Waals surface area contributed by atoms with Crippen LogP contribution in [0.2, 0.25) is 0 Å². The molecule has 0 heterocycles. The van der Waals surface area contributed by atoms with Gasteiger partial charge in [-0.2, -0.15) is 0 Å². The van der Waals surface area contributed by atoms with Crippen molar-refractivity contribution >= 4 is 17.6 Å². The Hall–Kier alpha value is -2.64. The van der Waals surface area contributed by atoms with Gasteiger partial charge in [0.1, 0.15) is 0 Å². The van der Waals surface area contributed by atoms with E-state index in [1.54, 1.807) is 6.92 Å². The smallest absolute Gasteiger partial charge is 0.331 e. The second-order valence-corrected chi connectivity index (χ2v) is 8.49. The molecule has 3 amide bonds. The number of carbonyl (C=O) groups is 2. The predicted octanol–water partition coefficient (Wildman–Crippen LogP) is 2.82. The monoisotopic (exact) mass is 372 g/mol. The molecular weight excluding hydrogens is 348 g/mol. The summed E-state index contributed by atoms with van der Waals surface area (Å²) in [6, 6.07) is 3.80. The number of hydrogen-bond acceptors (Lipinski definition) is 4. The molecule has 0 aromatic heterocycles. The van der Waals surface area contributed by atoms with Crippen LogP contribution in [-0.4, -0.2) is 22.4 Å². The van der Waals surface area contributed by atoms with Crippen LogP contribution in [0.4, 0.5) is 10.5 Å². The lowest BCUT2D eigenvalue weighted by atomic mass is 9.53. The largest absolute Gasteiger partial charge is 0.333 e. The van der Waals surface area contributed by atoms with Gasteiger partial charge in [0.05, 0.1) is 4.92 Å². The molecule has 0 unspecified atom stereocenters. The zero-order chi connectivity index (χ0) is 19.2. The zero-order valence-electron chi connectivity index (χ0n) is 15.3. The molecule has 1 aromatic rings. The average Bonchev–Trinajstić information content (AvgIpc) is 2.58. The van der Waals surface area contributed by atoms with Crippen LogP contribution in [0, 0.1) is 34.8 Å². The van der Waals surface area contributed by atoms with E-state index in [2.05, 4.69) is 16.2 Å². The van der Waals surface area contributed by atoms with Crippen molar-refractivity contribution in [2.45, 2.75) is 51.0 Å². The lowest BCUT2D eigenvalue weighted by molar-refractivity contribution is -0.385. The van der Waals surface area contributed by atoms with Crippen molar-refractivity contribution < 1.29 is 14.5 Å². The molecule has 8 nitrogen and oxygen atoms in total. The normalized spacial score (nSPS) is 30.6. The molecule has 3 N–H and O–H groups in total. The topological polar surface area (TPSA) is 113 Å². The van der Waals surface area contributed by atoms with Crippen molar-refractivity contribution in [1.29, 1.82) is 0 Å². The van der Waals surface area contributed by atoms with E-state index in [-0.39, 0.29) is 16.8 Å². The molecule has 1 aromatic carbocycles. The van der Waals surface area contributed by atoms with Crippen LogP contribution < -0.4 is 16.2 Å². The van der Waals surface area contributed by atoms with Crippen LogP contribution >= 0.6 is 0 Å². The second-order valence-electron chi connectivity index (χ2n) is 8.49. The van der Waals surface area contributed by atoms with E-state index in [4.69, 9.17) is 0 Å². The van der Waals surface area contributed by atoms with Gasteiger partial charge in [-0.05, 0) is 69.3 Å². The van der Waals surface area contributed by atoms with E-state index >= 15 is 0 Å². The average molecular weight is 372 g/mol. The third-order valence-electron chi connectivity index (χ3n) is 6.37. The first-order valence-corrected chi connectivity index (χ1v) is 9.47. The Morgan fingerprint density at radius 3 is 2.22 bits per heavy atom. The molecule has 4 aliphatic carbocycles. The van der Waals surface area contributed by atoms with Crippen molar-refractivity contribution in [2.75, 3.05) is 0 Å². The number of nitro groups is 1. The third-order valence-corrected chi connectivity index (χ3v) is 6.37. The molecule has 0 atom stereocenters. The van der Waals surface area contributed by atoms with Gasteiger partial charge in [-0.15, -0.1) is 0 Å². The highest BCUT2D eigenvalue weighted by Gasteiger charge is 2.51. The van der Waals surface area contributed by atoms with Gasteiger partial charge in [-0.1, -0.05) is 6.07 Å². The third kappa shape index (κ3) is 3.48. The van der Waals surface area contributed by atoms with E-state index in [9.17, 15) is 19.7 Å². The lowest BCUT2D eigenvalue weighted by Gasteiger charge is -2.56. The standard InChI is InChI=1S/C19H24N4O4/c1-11-2-3-15(7-16(11)23(26)27)17(24)21-22-18(25)20-19-8-12-4-13(9-19)6-14(5-12)10-19/h2-3,7,12-14H,4-6,8-10H2,1H3,(H,21,24)(H2,20,22,25). The lowest BCUT2D eigenvalue weighted by Crippen LogP contribution is -2.62. The molecule has 4 fully saturated rings. The van der Waals surface area contributed by atoms with E-state index < -0.39 is 16.9 Å². The first kappa shape index (κ1) is 17.8. The number of benzene rings is 1. The summed E-state index contributed by atoms with van der Waals surface area (Å²) in [6.07, 6.45) is 6.90. The number of amides is 3. The van der Waals surface area contributed by atoms with Crippen molar-refractivity contribution in [2.24, 2.45) is 17.8 Å². The number of carbonyl (C=O) groups excluding carboxylic acids is 2. The summed E-state index contributed by atoms with van der Waals surface area (Å²) in [5, 5.41) is 14.1. The van der Waals surface area contributed by atoms with Crippen molar-refractivity contribution in [3.8, 4) is 0 Å². The van der Waals surface area contributed by atoms with Gasteiger partial charge in [0.15, 0.2) is 0 Å². The van der Waals surface area contributed by atoms with Crippen LogP contribution in [0.5, 0.6) is 0 Å². The minimum absolute atomic E-state index is 0.124. The molecule has 144 valence electrons. The van der Waals surface area contributed by atoms with E-state index in [1.165, 1.54) is 37.5 Å². The molecule has 4 bridgehead atoms. The van der Waals surface area contributed by atoms with Crippen molar-refractivity contribution in [1.82, 2.24) is 16.2 Å². The predicted molar refractivity (Wildman–Crippen MR) is 97.9 cm³/mol. The molecule has 4 aliphatic rings. The van der Waals surface area contributed by atoms with E-state index in [1.807, 2.05) is 0 Å². The summed E-state index contributed by atoms with van der Waals surface area (Å²) >= 11 is 0. The molecule has 4 saturated carbocycles. The maximum atomic E-state index is 12.3. The zero-order valence-corrected chi connectivity index (χ0v) is 15.3. The van der Waals surface area contributed by atoms with E-state index in [0.717, 1.165) is 19.3 Å². The Morgan fingerprint density at radius 1 is 1.07 bits per heavy atom. The van der Waals surface area contributed by atoms with Crippen molar-refractivity contribution in [3.05, 3.63) is 39.4 Å². The quantitative estimate of drug-likeness (QED) is 0.559. The first-order valence-electron chi connectivity index (χ1n) is 9.47. The number of hydrazine groups is 1. The Bertz CT molecular complexity index is 772. The van der Waals surface area contributed by atoms with Crippen LogP contribution in [-0.2, 0) is 0 Å². The molecule has 5 rings (SSSR count). The fourth-order valence-electron chi connectivity index (χ4n) is 5.67. The van der Waals surface area contributed by atoms with Crippen molar-refractivity contribution in [3.63, 3.8) is 0 Å². The molecule has 0 aliphatic heterocycles. The molecule has 0 spiro atoms. The number of hydrogen-bond donors (Lipinski definition) is 3. The van der Waals surface area contributed by atoms with Crippen LogP contribution in [0.1, 0.15) is 54.4 Å². The Labute approximate surface area is 157 Å². The Morgan fingerprint density at radius 2 is 1.67 bits per heavy atom. The number of rotatable bonds is 3. The summed E-state index contributed by atoms with van der Waals surface area (Å²) in [7, 11) is 0. The van der Waals surface area contributed by atoms with Gasteiger partial charge in [-0.25, -0.2) is 10.2 Å². The summed E-state index contributed by atoms with van der Waals surface area (Å²) in [5.41, 5.74) is 5.08. The number of nitrogens with zero attached hydrogens (tertiary/aromatic N) is 1. The van der Waals surface area contributed by atoms with Gasteiger partial charge in [0.25, 0.3) is 11.6 Å². The first-order chi connectivity index (χ1) is 12.8. The number of aryl methyl sites for hydroxylation is 1. The van der Waals surface area contributed by atoms with Gasteiger partial charge in [0, 0.05) is 22.7 Å². The van der Waals surface area contributed by atoms with Crippen LogP contribution in [0.25, 0.3) is 0 Å². The highest BCUT2D eigenvalue weighted by atomic mass is 16.6. The second kappa shape index (κ2) is 6.51. The Balaban J connectivity index is 1.35. The van der Waals surface area contributed by atoms with Crippen LogP contribution in [0.3, 0.4) is 0 Å². The fourth-order valence-corrected chi connectivity index (χ4v) is 5.67. The molecule has 0 radical (unpaired) electrons. The summed E-state index contributed by atoms with van der Waals surface area (Å²) < 4.78 is 0. The summed E-state index contributed by atoms with van der Waals surface area (Å²) in [6.45, 7) is 1.61. The minimum Gasteiger partial charge on any atom is -0.331 e. The van der Waals surface area contributed by atoms with E-state index in [0.29, 0.717) is 23.3 Å². The number of nitrogens with one attached hydrogen (secondary N) is 3. The fraction of sp³-hybridized carbons (Fsp3) is 0.579. The molecule has 8 heteroatoms. The molecule has 0 saturated heterocycles. The molecular formula is C19H24N4O4. The van der Waals surface area contributed by atoms with Gasteiger partial charge in [-0.3, -0.25) is 20.3 Å². The highest BCUT2D eigenvalue weighted by molar-refractivity contribution is 5.96. The number of urea groups is 1. The highest BCUT2D eigenvalue weighted by Crippen LogP contribution is 2.55. The maximum Gasteiger partial charge on any atom is 0.333 e. The molecule has 27 heavy (non-hydrogen) atoms. The minimum atomic E-state index is -0.584. The van der Waals surface area contributed by atoms with Gasteiger partial charge < -0.3 is 5.32 Å². The number of nitro benzene ring substituents is 1. The SMILES string of the molecule is Cc1ccc(C(=O)NNC(=O)NC23CC4CC(CC(C4)C2)C3)cc1[N+](=O)[O-]. The van der Waals surface area contributed by atoms with Crippen LogP contribution in [0.15, 0.2) is 18.2 Å². The van der Waals surface area contributed by atoms with Gasteiger partial charge in [0.2, 0.25) is 0 Å². The summed E-state index contributed by atoms with van der Waals surface area (Å²) in [4.78, 5) is 35.1. The van der Waals surface area contributed by atoms with Gasteiger partial charge >= 0.3 is 6.03 Å².